The van der Waals surface area contributed by atoms with Crippen molar-refractivity contribution in [1.82, 2.24) is 19.9 Å². The summed E-state index contributed by atoms with van der Waals surface area (Å²) in [6, 6.07) is 24.2. The fraction of sp³-hybridized carbons (Fsp3) is 0.107. The van der Waals surface area contributed by atoms with E-state index in [1.165, 1.54) is 0 Å². The van der Waals surface area contributed by atoms with Crippen LogP contribution in [0.25, 0.3) is 16.7 Å². The number of nitrogens with zero attached hydrogens (tertiary/aromatic N) is 3. The third kappa shape index (κ3) is 5.64. The number of carbonyl (C=O) groups excluding carboxylic acids is 1. The molecule has 0 unspecified atom stereocenters. The largest absolute Gasteiger partial charge is 0.490 e. The smallest absolute Gasteiger partial charge is 0.251 e. The number of nitrogens with one attached hydrogen (secondary N) is 1. The minimum atomic E-state index is -0.156. The molecule has 0 atom stereocenters. The van der Waals surface area contributed by atoms with Crippen LogP contribution in [0.4, 0.5) is 0 Å². The minimum Gasteiger partial charge on any atom is -0.490 e. The molecule has 2 aromatic heterocycles. The number of fused-ring (bicyclic) bond motifs is 1. The molecule has 2 heterocycles. The summed E-state index contributed by atoms with van der Waals surface area (Å²) in [6.45, 7) is 1.26. The van der Waals surface area contributed by atoms with Crippen LogP contribution < -0.4 is 14.8 Å². The molecule has 5 aromatic rings. The second kappa shape index (κ2) is 10.9. The van der Waals surface area contributed by atoms with Crippen molar-refractivity contribution in [3.63, 3.8) is 0 Å². The normalized spacial score (nSPS) is 10.8. The van der Waals surface area contributed by atoms with Gasteiger partial charge in [0.15, 0.2) is 0 Å². The molecule has 1 amide bonds. The second-order valence-electron chi connectivity index (χ2n) is 8.01. The molecule has 0 aliphatic carbocycles. The molecule has 0 saturated carbocycles. The summed E-state index contributed by atoms with van der Waals surface area (Å²) >= 11 is 5.88. The van der Waals surface area contributed by atoms with Crippen LogP contribution in [0, 0.1) is 0 Å². The molecule has 0 fully saturated rings. The van der Waals surface area contributed by atoms with Gasteiger partial charge in [0.1, 0.15) is 31.0 Å². The number of amides is 1. The maximum atomic E-state index is 12.6. The molecule has 0 radical (unpaired) electrons. The standard InChI is InChI=1S/C28H23ClN4O3/c29-22-4-8-24(9-5-22)35-14-15-36-25-10-6-23(7-11-25)33-19-32-26-16-21(3-12-27(26)33)28(34)31-18-20-2-1-13-30-17-20/h1-13,16-17,19H,14-15,18H2,(H,31,34). The first-order chi connectivity index (χ1) is 17.7. The van der Waals surface area contributed by atoms with E-state index in [9.17, 15) is 4.79 Å². The van der Waals surface area contributed by atoms with E-state index in [4.69, 9.17) is 21.1 Å². The lowest BCUT2D eigenvalue weighted by atomic mass is 10.1. The van der Waals surface area contributed by atoms with Crippen LogP contribution in [0.3, 0.4) is 0 Å². The zero-order valence-corrected chi connectivity index (χ0v) is 20.1. The van der Waals surface area contributed by atoms with Crippen LogP contribution in [-0.4, -0.2) is 33.7 Å². The highest BCUT2D eigenvalue weighted by Crippen LogP contribution is 2.22. The Kier molecular flexibility index (Phi) is 7.10. The summed E-state index contributed by atoms with van der Waals surface area (Å²) in [5.41, 5.74) is 4.09. The monoisotopic (exact) mass is 498 g/mol. The van der Waals surface area contributed by atoms with Crippen molar-refractivity contribution >= 4 is 28.5 Å². The summed E-state index contributed by atoms with van der Waals surface area (Å²) in [4.78, 5) is 21.1. The number of aromatic nitrogens is 3. The molecule has 0 aliphatic heterocycles. The Balaban J connectivity index is 1.18. The maximum Gasteiger partial charge on any atom is 0.251 e. The molecule has 8 heteroatoms. The minimum absolute atomic E-state index is 0.156. The van der Waals surface area contributed by atoms with Crippen LogP contribution >= 0.6 is 11.6 Å². The molecule has 180 valence electrons. The highest BCUT2D eigenvalue weighted by atomic mass is 35.5. The van der Waals surface area contributed by atoms with Crippen molar-refractivity contribution in [3.8, 4) is 17.2 Å². The first-order valence-electron chi connectivity index (χ1n) is 11.4. The van der Waals surface area contributed by atoms with Gasteiger partial charge in [0.2, 0.25) is 0 Å². The molecule has 0 spiro atoms. The van der Waals surface area contributed by atoms with Crippen molar-refractivity contribution < 1.29 is 14.3 Å². The molecule has 3 aromatic carbocycles. The number of pyridine rings is 1. The molecule has 1 N–H and O–H groups in total. The molecule has 0 saturated heterocycles. The molecule has 0 aliphatic rings. The zero-order chi connectivity index (χ0) is 24.7. The second-order valence-corrected chi connectivity index (χ2v) is 8.44. The molecule has 36 heavy (non-hydrogen) atoms. The SMILES string of the molecule is O=C(NCc1cccnc1)c1ccc2c(c1)ncn2-c1ccc(OCCOc2ccc(Cl)cc2)cc1. The average Bonchev–Trinajstić information content (AvgIpc) is 3.35. The molecule has 0 bridgehead atoms. The number of carbonyl (C=O) groups is 1. The van der Waals surface area contributed by atoms with E-state index in [0.29, 0.717) is 30.3 Å². The average molecular weight is 499 g/mol. The Morgan fingerprint density at radius 3 is 2.33 bits per heavy atom. The van der Waals surface area contributed by atoms with Gasteiger partial charge in [0, 0.05) is 35.2 Å². The van der Waals surface area contributed by atoms with Gasteiger partial charge in [-0.05, 0) is 78.4 Å². The lowest BCUT2D eigenvalue weighted by Gasteiger charge is -2.10. The van der Waals surface area contributed by atoms with Gasteiger partial charge in [0.05, 0.1) is 11.0 Å². The molecule has 7 nitrogen and oxygen atoms in total. The first-order valence-corrected chi connectivity index (χ1v) is 11.8. The quantitative estimate of drug-likeness (QED) is 0.273. The van der Waals surface area contributed by atoms with Crippen LogP contribution in [0.5, 0.6) is 11.5 Å². The number of halogens is 1. The van der Waals surface area contributed by atoms with Gasteiger partial charge in [0.25, 0.3) is 5.91 Å². The van der Waals surface area contributed by atoms with E-state index < -0.39 is 0 Å². The van der Waals surface area contributed by atoms with Gasteiger partial charge in [-0.1, -0.05) is 17.7 Å². The van der Waals surface area contributed by atoms with Gasteiger partial charge in [-0.25, -0.2) is 4.98 Å². The van der Waals surface area contributed by atoms with Crippen molar-refractivity contribution in [2.45, 2.75) is 6.54 Å². The van der Waals surface area contributed by atoms with Crippen LogP contribution in [0.1, 0.15) is 15.9 Å². The predicted octanol–water partition coefficient (Wildman–Crippen LogP) is 5.46. The lowest BCUT2D eigenvalue weighted by molar-refractivity contribution is 0.0951. The van der Waals surface area contributed by atoms with Crippen molar-refractivity contribution in [2.24, 2.45) is 0 Å². The fourth-order valence-electron chi connectivity index (χ4n) is 3.70. The Morgan fingerprint density at radius 2 is 1.64 bits per heavy atom. The van der Waals surface area contributed by atoms with E-state index in [0.717, 1.165) is 33.8 Å². The Bertz CT molecular complexity index is 1450. The number of benzene rings is 3. The van der Waals surface area contributed by atoms with E-state index in [1.54, 1.807) is 43.0 Å². The zero-order valence-electron chi connectivity index (χ0n) is 19.3. The first kappa shape index (κ1) is 23.4. The van der Waals surface area contributed by atoms with Gasteiger partial charge in [-0.3, -0.25) is 14.3 Å². The van der Waals surface area contributed by atoms with Crippen LogP contribution in [-0.2, 0) is 6.54 Å². The van der Waals surface area contributed by atoms with E-state index in [-0.39, 0.29) is 5.91 Å². The topological polar surface area (TPSA) is 78.3 Å². The van der Waals surface area contributed by atoms with Gasteiger partial charge in [-0.15, -0.1) is 0 Å². The summed E-state index contributed by atoms with van der Waals surface area (Å²) < 4.78 is 13.4. The van der Waals surface area contributed by atoms with Crippen LogP contribution in [0.15, 0.2) is 97.6 Å². The number of hydrogen-bond donors (Lipinski definition) is 1. The van der Waals surface area contributed by atoms with Gasteiger partial charge < -0.3 is 14.8 Å². The summed E-state index contributed by atoms with van der Waals surface area (Å²) in [6.07, 6.45) is 5.18. The highest BCUT2D eigenvalue weighted by molar-refractivity contribution is 6.30. The summed E-state index contributed by atoms with van der Waals surface area (Å²) in [5.74, 6) is 1.34. The maximum absolute atomic E-state index is 12.6. The molecular formula is C28H23ClN4O3. The third-order valence-corrected chi connectivity index (χ3v) is 5.79. The molecule has 5 rings (SSSR count). The Morgan fingerprint density at radius 1 is 0.917 bits per heavy atom. The Labute approximate surface area is 213 Å². The van der Waals surface area contributed by atoms with Crippen molar-refractivity contribution in [2.75, 3.05) is 13.2 Å². The number of rotatable bonds is 9. The van der Waals surface area contributed by atoms with E-state index in [1.807, 2.05) is 59.2 Å². The van der Waals surface area contributed by atoms with Crippen LogP contribution in [0.2, 0.25) is 5.02 Å². The van der Waals surface area contributed by atoms with Crippen molar-refractivity contribution in [1.29, 1.82) is 0 Å². The highest BCUT2D eigenvalue weighted by Gasteiger charge is 2.10. The van der Waals surface area contributed by atoms with E-state index in [2.05, 4.69) is 15.3 Å². The molecular weight excluding hydrogens is 476 g/mol. The van der Waals surface area contributed by atoms with E-state index >= 15 is 0 Å². The summed E-state index contributed by atoms with van der Waals surface area (Å²) in [5, 5.41) is 3.59. The predicted molar refractivity (Wildman–Crippen MR) is 139 cm³/mol. The number of ether oxygens (including phenoxy) is 2. The van der Waals surface area contributed by atoms with Crippen molar-refractivity contribution in [3.05, 3.63) is 114 Å². The fourth-order valence-corrected chi connectivity index (χ4v) is 3.83. The van der Waals surface area contributed by atoms with Gasteiger partial charge >= 0.3 is 0 Å². The Hall–Kier alpha value is -4.36. The third-order valence-electron chi connectivity index (χ3n) is 5.53. The number of imidazole rings is 1. The van der Waals surface area contributed by atoms with Gasteiger partial charge in [-0.2, -0.15) is 0 Å². The number of hydrogen-bond acceptors (Lipinski definition) is 5. The summed E-state index contributed by atoms with van der Waals surface area (Å²) in [7, 11) is 0. The lowest BCUT2D eigenvalue weighted by Crippen LogP contribution is -2.22.